The summed E-state index contributed by atoms with van der Waals surface area (Å²) in [6.45, 7) is 3.88. The van der Waals surface area contributed by atoms with Crippen LogP contribution in [0.15, 0.2) is 23.6 Å². The van der Waals surface area contributed by atoms with Crippen molar-refractivity contribution in [1.29, 1.82) is 0 Å². The van der Waals surface area contributed by atoms with Gasteiger partial charge in [-0.2, -0.15) is 0 Å². The maximum Gasteiger partial charge on any atom is 0.227 e. The van der Waals surface area contributed by atoms with Gasteiger partial charge in [0.25, 0.3) is 0 Å². The van der Waals surface area contributed by atoms with Crippen LogP contribution in [0.4, 0.5) is 0 Å². The Hall–Kier alpha value is -1.02. The van der Waals surface area contributed by atoms with E-state index in [4.69, 9.17) is 9.47 Å². The van der Waals surface area contributed by atoms with Gasteiger partial charge in [0.1, 0.15) is 17.1 Å². The van der Waals surface area contributed by atoms with Crippen molar-refractivity contribution in [2.45, 2.75) is 63.3 Å². The van der Waals surface area contributed by atoms with Gasteiger partial charge in [0.05, 0.1) is 13.2 Å². The van der Waals surface area contributed by atoms with Gasteiger partial charge in [-0.1, -0.05) is 6.08 Å². The minimum Gasteiger partial charge on any atom is -0.598 e. The molecule has 142 valence electrons. The van der Waals surface area contributed by atoms with Crippen LogP contribution < -0.4 is 10.0 Å². The molecule has 2 atom stereocenters. The first kappa shape index (κ1) is 20.3. The first-order chi connectivity index (χ1) is 11.9. The van der Waals surface area contributed by atoms with Gasteiger partial charge in [-0.25, -0.2) is 0 Å². The zero-order valence-electron chi connectivity index (χ0n) is 15.5. The molecule has 0 saturated heterocycles. The molecule has 2 N–H and O–H groups in total. The molecule has 0 heterocycles. The van der Waals surface area contributed by atoms with E-state index in [1.807, 2.05) is 26.0 Å². The first-order valence-electron chi connectivity index (χ1n) is 8.90. The second-order valence-corrected chi connectivity index (χ2v) is 8.65. The van der Waals surface area contributed by atoms with Crippen molar-refractivity contribution >= 4 is 17.3 Å². The van der Waals surface area contributed by atoms with E-state index in [0.29, 0.717) is 6.42 Å². The molecule has 0 aromatic carbocycles. The van der Waals surface area contributed by atoms with Gasteiger partial charge in [0.15, 0.2) is 0 Å². The molecule has 0 radical (unpaired) electrons. The molecular weight excluding hydrogens is 340 g/mol. The Bertz CT molecular complexity index is 513. The second kappa shape index (κ2) is 9.62. The number of hydrogen-bond donors (Lipinski definition) is 2. The van der Waals surface area contributed by atoms with Crippen molar-refractivity contribution in [3.8, 4) is 0 Å². The molecule has 2 aliphatic carbocycles. The standard InChI is InChI=1S/C18H30N2O4S/c1-12(2)25(22)20-14-7-5-13(6-8-14)18(21)19-15-9-10-16(23-3)17(11-15)24-4/h9,11-14,16,20H,5-8,10H2,1-4H3,(H,19,21). The van der Waals surface area contributed by atoms with Crippen LogP contribution in [0.2, 0.25) is 0 Å². The third kappa shape index (κ3) is 5.74. The van der Waals surface area contributed by atoms with Gasteiger partial charge < -0.3 is 19.3 Å². The number of allylic oxidation sites excluding steroid dienone is 1. The van der Waals surface area contributed by atoms with Gasteiger partial charge in [-0.05, 0) is 39.5 Å². The van der Waals surface area contributed by atoms with E-state index in [1.54, 1.807) is 14.2 Å². The minimum absolute atomic E-state index is 0.00554. The lowest BCUT2D eigenvalue weighted by Crippen LogP contribution is -2.43. The SMILES string of the molecule is COC1=CC(NC(=O)C2CCC(N[S+]([O-])C(C)C)CC2)=CCC1OC. The highest BCUT2D eigenvalue weighted by Crippen LogP contribution is 2.26. The van der Waals surface area contributed by atoms with E-state index in [0.717, 1.165) is 37.1 Å². The monoisotopic (exact) mass is 370 g/mol. The lowest BCUT2D eigenvalue weighted by molar-refractivity contribution is -0.125. The second-order valence-electron chi connectivity index (χ2n) is 6.87. The van der Waals surface area contributed by atoms with E-state index in [2.05, 4.69) is 10.0 Å². The highest BCUT2D eigenvalue weighted by Gasteiger charge is 2.30. The molecule has 1 amide bonds. The fourth-order valence-corrected chi connectivity index (χ4v) is 4.00. The van der Waals surface area contributed by atoms with Crippen molar-refractivity contribution in [1.82, 2.24) is 10.0 Å². The van der Waals surface area contributed by atoms with Crippen LogP contribution in [0, 0.1) is 5.92 Å². The van der Waals surface area contributed by atoms with Crippen LogP contribution in [0.1, 0.15) is 46.0 Å². The van der Waals surface area contributed by atoms with E-state index in [9.17, 15) is 9.35 Å². The van der Waals surface area contributed by atoms with Gasteiger partial charge in [-0.3, -0.25) is 4.79 Å². The number of methoxy groups -OCH3 is 2. The molecule has 0 aliphatic heterocycles. The third-order valence-electron chi connectivity index (χ3n) is 4.76. The van der Waals surface area contributed by atoms with Crippen molar-refractivity contribution < 1.29 is 18.8 Å². The maximum absolute atomic E-state index is 12.5. The number of carbonyl (C=O) groups is 1. The summed E-state index contributed by atoms with van der Waals surface area (Å²) < 4.78 is 25.7. The molecule has 0 spiro atoms. The minimum atomic E-state index is -1.000. The highest BCUT2D eigenvalue weighted by atomic mass is 32.2. The van der Waals surface area contributed by atoms with Gasteiger partial charge >= 0.3 is 0 Å². The van der Waals surface area contributed by atoms with Crippen LogP contribution in [-0.2, 0) is 25.6 Å². The van der Waals surface area contributed by atoms with Crippen LogP contribution in [-0.4, -0.2) is 42.1 Å². The molecule has 25 heavy (non-hydrogen) atoms. The summed E-state index contributed by atoms with van der Waals surface area (Å²) in [5, 5.41) is 3.11. The highest BCUT2D eigenvalue weighted by molar-refractivity contribution is 7.90. The molecule has 2 unspecified atom stereocenters. The van der Waals surface area contributed by atoms with Crippen LogP contribution in [0.25, 0.3) is 0 Å². The van der Waals surface area contributed by atoms with Crippen LogP contribution >= 0.6 is 0 Å². The molecule has 2 rings (SSSR count). The topological polar surface area (TPSA) is 82.7 Å². The smallest absolute Gasteiger partial charge is 0.227 e. The third-order valence-corrected chi connectivity index (χ3v) is 6.19. The summed E-state index contributed by atoms with van der Waals surface area (Å²) in [5.41, 5.74) is 0.774. The zero-order chi connectivity index (χ0) is 18.4. The summed E-state index contributed by atoms with van der Waals surface area (Å²) in [4.78, 5) is 12.5. The van der Waals surface area contributed by atoms with Gasteiger partial charge in [0.2, 0.25) is 5.91 Å². The normalized spacial score (nSPS) is 28.2. The van der Waals surface area contributed by atoms with Crippen molar-refractivity contribution in [3.63, 3.8) is 0 Å². The summed E-state index contributed by atoms with van der Waals surface area (Å²) in [5.74, 6) is 0.785. The summed E-state index contributed by atoms with van der Waals surface area (Å²) in [6.07, 6.45) is 7.77. The molecule has 2 aliphatic rings. The molecule has 6 nitrogen and oxygen atoms in total. The number of hydrogen-bond acceptors (Lipinski definition) is 5. The predicted octanol–water partition coefficient (Wildman–Crippen LogP) is 2.16. The van der Waals surface area contributed by atoms with Crippen molar-refractivity contribution in [3.05, 3.63) is 23.6 Å². The number of carbonyl (C=O) groups excluding carboxylic acids is 1. The Morgan fingerprint density at radius 3 is 2.52 bits per heavy atom. The average Bonchev–Trinajstić information content (AvgIpc) is 2.62. The molecule has 1 fully saturated rings. The molecule has 0 aromatic heterocycles. The molecule has 0 bridgehead atoms. The zero-order valence-corrected chi connectivity index (χ0v) is 16.4. The summed E-state index contributed by atoms with van der Waals surface area (Å²) in [6, 6.07) is 0.239. The molecule has 0 aromatic rings. The molecule has 7 heteroatoms. The van der Waals surface area contributed by atoms with E-state index < -0.39 is 11.4 Å². The number of amides is 1. The number of rotatable bonds is 7. The Morgan fingerprint density at radius 2 is 1.96 bits per heavy atom. The van der Waals surface area contributed by atoms with Crippen LogP contribution in [0.3, 0.4) is 0 Å². The van der Waals surface area contributed by atoms with E-state index >= 15 is 0 Å². The molecule has 1 saturated carbocycles. The fourth-order valence-electron chi connectivity index (χ4n) is 3.16. The van der Waals surface area contributed by atoms with E-state index in [1.165, 1.54) is 0 Å². The fraction of sp³-hybridized carbons (Fsp3) is 0.722. The Labute approximate surface area is 153 Å². The lowest BCUT2D eigenvalue weighted by Gasteiger charge is -2.29. The molecular formula is C18H30N2O4S. The Kier molecular flexibility index (Phi) is 7.81. The van der Waals surface area contributed by atoms with Crippen molar-refractivity contribution in [2.75, 3.05) is 14.2 Å². The maximum atomic E-state index is 12.5. The Morgan fingerprint density at radius 1 is 1.28 bits per heavy atom. The largest absolute Gasteiger partial charge is 0.598 e. The number of nitrogens with one attached hydrogen (secondary N) is 2. The first-order valence-corrected chi connectivity index (χ1v) is 10.1. The van der Waals surface area contributed by atoms with Gasteiger partial charge in [-0.15, -0.1) is 4.72 Å². The van der Waals surface area contributed by atoms with E-state index in [-0.39, 0.29) is 29.2 Å². The number of ether oxygens (including phenoxy) is 2. The quantitative estimate of drug-likeness (QED) is 0.671. The predicted molar refractivity (Wildman–Crippen MR) is 98.9 cm³/mol. The lowest BCUT2D eigenvalue weighted by atomic mass is 9.86. The average molecular weight is 371 g/mol. The summed E-state index contributed by atoms with van der Waals surface area (Å²) >= 11 is -1.000. The Balaban J connectivity index is 1.81. The summed E-state index contributed by atoms with van der Waals surface area (Å²) in [7, 11) is 3.26. The van der Waals surface area contributed by atoms with Crippen LogP contribution in [0.5, 0.6) is 0 Å². The van der Waals surface area contributed by atoms with Crippen molar-refractivity contribution in [2.24, 2.45) is 5.92 Å². The van der Waals surface area contributed by atoms with Gasteiger partial charge in [0, 0.05) is 42.6 Å².